The molecule has 0 aromatic heterocycles. The highest BCUT2D eigenvalue weighted by atomic mass is 32.2. The quantitative estimate of drug-likeness (QED) is 0.559. The zero-order chi connectivity index (χ0) is 11.5. The minimum absolute atomic E-state index is 0.220. The Morgan fingerprint density at radius 1 is 1.75 bits per heavy atom. The van der Waals surface area contributed by atoms with E-state index in [0.29, 0.717) is 24.7 Å². The number of rotatable bonds is 4. The number of thioether (sulfide) groups is 1. The maximum absolute atomic E-state index is 11.7. The minimum Gasteiger partial charge on any atom is -0.457 e. The van der Waals surface area contributed by atoms with Crippen molar-refractivity contribution in [3.8, 4) is 0 Å². The van der Waals surface area contributed by atoms with E-state index in [4.69, 9.17) is 4.74 Å². The third-order valence-corrected chi connectivity index (χ3v) is 3.18. The van der Waals surface area contributed by atoms with Crippen molar-refractivity contribution in [3.05, 3.63) is 23.8 Å². The van der Waals surface area contributed by atoms with Gasteiger partial charge in [-0.2, -0.15) is 0 Å². The molecule has 2 heterocycles. The third kappa shape index (κ3) is 2.23. The number of aliphatic hydroxyl groups excluding tert-OH is 1. The van der Waals surface area contributed by atoms with E-state index in [2.05, 4.69) is 6.58 Å². The Bertz CT molecular complexity index is 326. The molecule has 16 heavy (non-hydrogen) atoms. The highest BCUT2D eigenvalue weighted by Gasteiger charge is 2.35. The lowest BCUT2D eigenvalue weighted by Gasteiger charge is -2.43. The number of hydrazine groups is 1. The number of ether oxygens (including phenoxy) is 1. The average Bonchev–Trinajstić information content (AvgIpc) is 2.69. The van der Waals surface area contributed by atoms with Crippen LogP contribution in [0.25, 0.3) is 0 Å². The second-order valence-electron chi connectivity index (χ2n) is 3.61. The van der Waals surface area contributed by atoms with Crippen molar-refractivity contribution in [2.45, 2.75) is 6.10 Å². The molecule has 2 aliphatic rings. The number of esters is 1. The van der Waals surface area contributed by atoms with Gasteiger partial charge in [0.1, 0.15) is 12.3 Å². The maximum atomic E-state index is 11.7. The highest BCUT2D eigenvalue weighted by molar-refractivity contribution is 8.02. The predicted molar refractivity (Wildman–Crippen MR) is 61.1 cm³/mol. The third-order valence-electron chi connectivity index (χ3n) is 2.40. The van der Waals surface area contributed by atoms with Crippen LogP contribution >= 0.6 is 11.8 Å². The number of carbonyl (C=O) groups excluding carboxylic acids is 1. The van der Waals surface area contributed by atoms with Crippen LogP contribution in [0.5, 0.6) is 0 Å². The van der Waals surface area contributed by atoms with Crippen LogP contribution in [0.1, 0.15) is 0 Å². The fourth-order valence-electron chi connectivity index (χ4n) is 1.54. The SMILES string of the molecule is C=CCOC(=O)C1=CSCN1N1CC(O)C1. The van der Waals surface area contributed by atoms with Crippen LogP contribution in [-0.2, 0) is 9.53 Å². The highest BCUT2D eigenvalue weighted by Crippen LogP contribution is 2.28. The molecule has 0 amide bonds. The molecule has 1 fully saturated rings. The molecular formula is C10H14N2O3S. The number of nitrogens with zero attached hydrogens (tertiary/aromatic N) is 2. The second kappa shape index (κ2) is 4.90. The van der Waals surface area contributed by atoms with Crippen molar-refractivity contribution in [2.75, 3.05) is 25.6 Å². The number of β-amino-alcohol motifs (C(OH)–C–C–N with tert-alkyl or cyclic N) is 1. The Kier molecular flexibility index (Phi) is 3.52. The monoisotopic (exact) mass is 242 g/mol. The maximum Gasteiger partial charge on any atom is 0.356 e. The topological polar surface area (TPSA) is 53.0 Å². The van der Waals surface area contributed by atoms with Gasteiger partial charge in [0.05, 0.1) is 12.0 Å². The van der Waals surface area contributed by atoms with Crippen molar-refractivity contribution in [1.82, 2.24) is 10.0 Å². The lowest BCUT2D eigenvalue weighted by Crippen LogP contribution is -2.58. The normalized spacial score (nSPS) is 21.6. The van der Waals surface area contributed by atoms with Gasteiger partial charge in [0.2, 0.25) is 0 Å². The lowest BCUT2D eigenvalue weighted by atomic mass is 10.2. The molecule has 0 saturated carbocycles. The fourth-order valence-corrected chi connectivity index (χ4v) is 2.44. The average molecular weight is 242 g/mol. The molecule has 0 unspecified atom stereocenters. The Labute approximate surface area is 98.3 Å². The van der Waals surface area contributed by atoms with Crippen LogP contribution in [0.3, 0.4) is 0 Å². The first-order valence-corrected chi connectivity index (χ1v) is 6.07. The molecule has 1 saturated heterocycles. The van der Waals surface area contributed by atoms with E-state index in [9.17, 15) is 9.90 Å². The first-order valence-electron chi connectivity index (χ1n) is 5.02. The van der Waals surface area contributed by atoms with Gasteiger partial charge in [-0.3, -0.25) is 5.01 Å². The van der Waals surface area contributed by atoms with Gasteiger partial charge in [-0.1, -0.05) is 12.7 Å². The largest absolute Gasteiger partial charge is 0.457 e. The van der Waals surface area contributed by atoms with E-state index in [-0.39, 0.29) is 18.7 Å². The zero-order valence-electron chi connectivity index (χ0n) is 8.83. The summed E-state index contributed by atoms with van der Waals surface area (Å²) in [7, 11) is 0. The van der Waals surface area contributed by atoms with Gasteiger partial charge in [-0.15, -0.1) is 11.8 Å². The Hall–Kier alpha value is -0.980. The van der Waals surface area contributed by atoms with Gasteiger partial charge in [0.15, 0.2) is 0 Å². The van der Waals surface area contributed by atoms with Crippen LogP contribution in [-0.4, -0.2) is 52.8 Å². The molecule has 0 aromatic rings. The molecule has 88 valence electrons. The van der Waals surface area contributed by atoms with Crippen LogP contribution in [0, 0.1) is 0 Å². The Morgan fingerprint density at radius 2 is 2.50 bits per heavy atom. The summed E-state index contributed by atoms with van der Waals surface area (Å²) in [6.45, 7) is 4.86. The molecule has 0 bridgehead atoms. The van der Waals surface area contributed by atoms with Gasteiger partial charge in [0, 0.05) is 18.5 Å². The summed E-state index contributed by atoms with van der Waals surface area (Å²) >= 11 is 1.54. The number of hydrogen-bond donors (Lipinski definition) is 1. The molecular weight excluding hydrogens is 228 g/mol. The first kappa shape index (κ1) is 11.5. The summed E-state index contributed by atoms with van der Waals surface area (Å²) < 4.78 is 4.98. The second-order valence-corrected chi connectivity index (χ2v) is 4.44. The predicted octanol–water partition coefficient (Wildman–Crippen LogP) is 0.155. The van der Waals surface area contributed by atoms with E-state index < -0.39 is 0 Å². The van der Waals surface area contributed by atoms with Crippen molar-refractivity contribution >= 4 is 17.7 Å². The molecule has 1 N–H and O–H groups in total. The minimum atomic E-state index is -0.341. The zero-order valence-corrected chi connectivity index (χ0v) is 9.65. The van der Waals surface area contributed by atoms with E-state index >= 15 is 0 Å². The summed E-state index contributed by atoms with van der Waals surface area (Å²) in [4.78, 5) is 11.7. The molecule has 0 aliphatic carbocycles. The number of hydrogen-bond acceptors (Lipinski definition) is 6. The molecule has 0 aromatic carbocycles. The van der Waals surface area contributed by atoms with Crippen molar-refractivity contribution in [1.29, 1.82) is 0 Å². The van der Waals surface area contributed by atoms with E-state index in [1.54, 1.807) is 17.2 Å². The molecule has 0 atom stereocenters. The van der Waals surface area contributed by atoms with Crippen molar-refractivity contribution in [2.24, 2.45) is 0 Å². The van der Waals surface area contributed by atoms with E-state index in [1.165, 1.54) is 6.08 Å². The number of carbonyl (C=O) groups is 1. The summed E-state index contributed by atoms with van der Waals surface area (Å²) in [6, 6.07) is 0. The van der Waals surface area contributed by atoms with Crippen LogP contribution < -0.4 is 0 Å². The van der Waals surface area contributed by atoms with Gasteiger partial charge < -0.3 is 9.84 Å². The summed E-state index contributed by atoms with van der Waals surface area (Å²) in [5.41, 5.74) is 0.541. The van der Waals surface area contributed by atoms with Crippen LogP contribution in [0.4, 0.5) is 0 Å². The van der Waals surface area contributed by atoms with Gasteiger partial charge >= 0.3 is 5.97 Å². The molecule has 5 nitrogen and oxygen atoms in total. The standard InChI is InChI=1S/C10H14N2O3S/c1-2-3-15-10(14)9-6-16-7-12(9)11-4-8(13)5-11/h2,6,8,13H,1,3-5,7H2. The molecule has 2 aliphatic heterocycles. The van der Waals surface area contributed by atoms with Gasteiger partial charge in [-0.05, 0) is 0 Å². The summed E-state index contributed by atoms with van der Waals surface area (Å²) in [6.07, 6.45) is 1.26. The molecule has 0 spiro atoms. The molecule has 2 rings (SSSR count). The van der Waals surface area contributed by atoms with Gasteiger partial charge in [0.25, 0.3) is 0 Å². The Balaban J connectivity index is 1.92. The van der Waals surface area contributed by atoms with E-state index in [1.807, 2.05) is 10.0 Å². The van der Waals surface area contributed by atoms with E-state index in [0.717, 1.165) is 0 Å². The summed E-state index contributed by atoms with van der Waals surface area (Å²) in [5, 5.41) is 14.8. The van der Waals surface area contributed by atoms with Gasteiger partial charge in [-0.25, -0.2) is 9.80 Å². The Morgan fingerprint density at radius 3 is 3.12 bits per heavy atom. The lowest BCUT2D eigenvalue weighted by molar-refractivity contribution is -0.149. The van der Waals surface area contributed by atoms with Crippen LogP contribution in [0.2, 0.25) is 0 Å². The fraction of sp³-hybridized carbons (Fsp3) is 0.500. The smallest absolute Gasteiger partial charge is 0.356 e. The van der Waals surface area contributed by atoms with Crippen molar-refractivity contribution < 1.29 is 14.6 Å². The molecule has 6 heteroatoms. The summed E-state index contributed by atoms with van der Waals surface area (Å²) in [5.74, 6) is 0.358. The molecule has 0 radical (unpaired) electrons. The first-order chi connectivity index (χ1) is 7.72. The number of aliphatic hydroxyl groups is 1. The van der Waals surface area contributed by atoms with Crippen molar-refractivity contribution in [3.63, 3.8) is 0 Å². The van der Waals surface area contributed by atoms with Crippen LogP contribution in [0.15, 0.2) is 23.8 Å².